The van der Waals surface area contributed by atoms with Gasteiger partial charge in [0, 0.05) is 18.0 Å². The number of allylic oxidation sites excluding steroid dienone is 2. The van der Waals surface area contributed by atoms with E-state index in [1.54, 1.807) is 26.8 Å². The first-order chi connectivity index (χ1) is 12.9. The molecule has 0 spiro atoms. The normalized spacial score (nSPS) is 25.8. The van der Waals surface area contributed by atoms with Gasteiger partial charge in [-0.2, -0.15) is 0 Å². The van der Waals surface area contributed by atoms with Crippen molar-refractivity contribution in [2.45, 2.75) is 32.9 Å². The van der Waals surface area contributed by atoms with Gasteiger partial charge in [0.2, 0.25) is 0 Å². The van der Waals surface area contributed by atoms with Crippen molar-refractivity contribution in [1.29, 1.82) is 0 Å². The van der Waals surface area contributed by atoms with Gasteiger partial charge in [0.1, 0.15) is 6.61 Å². The highest BCUT2D eigenvalue weighted by Crippen LogP contribution is 2.50. The summed E-state index contributed by atoms with van der Waals surface area (Å²) >= 11 is 0. The molecule has 0 saturated carbocycles. The molecule has 0 radical (unpaired) electrons. The standard InChI is InChI=1S/C21H23NO5/c1-5-15-17-16(13(2)18(15)23)11-22(21(17,3)19(24)26-4)20(25)27-12-14-9-7-6-8-10-14/h5-10,17H,11-12H2,1-4H3/b15-5+. The molecule has 1 aromatic carbocycles. The molecule has 0 N–H and O–H groups in total. The molecule has 1 amide bonds. The zero-order valence-electron chi connectivity index (χ0n) is 15.9. The van der Waals surface area contributed by atoms with E-state index in [2.05, 4.69) is 0 Å². The molecular weight excluding hydrogens is 346 g/mol. The molecule has 1 aliphatic carbocycles. The van der Waals surface area contributed by atoms with E-state index in [0.29, 0.717) is 11.1 Å². The van der Waals surface area contributed by atoms with Gasteiger partial charge in [-0.25, -0.2) is 9.59 Å². The monoisotopic (exact) mass is 369 g/mol. The maximum absolute atomic E-state index is 12.8. The molecule has 2 atom stereocenters. The van der Waals surface area contributed by atoms with Crippen LogP contribution in [0.1, 0.15) is 26.3 Å². The Kier molecular flexibility index (Phi) is 4.91. The Morgan fingerprint density at radius 3 is 2.56 bits per heavy atom. The molecule has 6 heteroatoms. The van der Waals surface area contributed by atoms with Crippen molar-refractivity contribution in [1.82, 2.24) is 4.90 Å². The van der Waals surface area contributed by atoms with E-state index in [4.69, 9.17) is 9.47 Å². The van der Waals surface area contributed by atoms with Crippen LogP contribution < -0.4 is 0 Å². The lowest BCUT2D eigenvalue weighted by Crippen LogP contribution is -2.55. The number of hydrogen-bond acceptors (Lipinski definition) is 5. The molecule has 1 heterocycles. The Morgan fingerprint density at radius 2 is 1.96 bits per heavy atom. The molecule has 1 fully saturated rings. The lowest BCUT2D eigenvalue weighted by molar-refractivity contribution is -0.153. The SMILES string of the molecule is C/C=C1/C(=O)C(C)=C2CN(C(=O)OCc3ccccc3)C(C)(C(=O)OC)C21. The first-order valence-corrected chi connectivity index (χ1v) is 8.83. The molecule has 6 nitrogen and oxygen atoms in total. The number of Topliss-reactive ketones (excluding diaryl/α,β-unsaturated/α-hetero) is 1. The first kappa shape index (κ1) is 18.9. The second-order valence-electron chi connectivity index (χ2n) is 6.92. The van der Waals surface area contributed by atoms with Crippen LogP contribution in [0.25, 0.3) is 0 Å². The van der Waals surface area contributed by atoms with Crippen LogP contribution in [-0.4, -0.2) is 41.9 Å². The number of ketones is 1. The van der Waals surface area contributed by atoms with Gasteiger partial charge in [-0.1, -0.05) is 36.4 Å². The summed E-state index contributed by atoms with van der Waals surface area (Å²) < 4.78 is 10.5. The number of esters is 1. The van der Waals surface area contributed by atoms with E-state index in [0.717, 1.165) is 11.1 Å². The molecule has 1 saturated heterocycles. The quantitative estimate of drug-likeness (QED) is 0.605. The predicted molar refractivity (Wildman–Crippen MR) is 98.7 cm³/mol. The van der Waals surface area contributed by atoms with E-state index < -0.39 is 23.5 Å². The van der Waals surface area contributed by atoms with Gasteiger partial charge in [-0.3, -0.25) is 9.69 Å². The number of carbonyl (C=O) groups is 3. The molecular formula is C21H23NO5. The van der Waals surface area contributed by atoms with Gasteiger partial charge in [0.25, 0.3) is 0 Å². The van der Waals surface area contributed by atoms with E-state index in [9.17, 15) is 14.4 Å². The predicted octanol–water partition coefficient (Wildman–Crippen LogP) is 3.03. The number of benzene rings is 1. The van der Waals surface area contributed by atoms with Gasteiger partial charge >= 0.3 is 12.1 Å². The summed E-state index contributed by atoms with van der Waals surface area (Å²) in [6, 6.07) is 9.32. The average Bonchev–Trinajstić information content (AvgIpc) is 3.13. The fourth-order valence-electron chi connectivity index (χ4n) is 4.02. The summed E-state index contributed by atoms with van der Waals surface area (Å²) in [4.78, 5) is 39.4. The third-order valence-electron chi connectivity index (χ3n) is 5.53. The van der Waals surface area contributed by atoms with Crippen LogP contribution in [0.3, 0.4) is 0 Å². The number of fused-ring (bicyclic) bond motifs is 1. The summed E-state index contributed by atoms with van der Waals surface area (Å²) in [7, 11) is 1.28. The second-order valence-corrected chi connectivity index (χ2v) is 6.92. The van der Waals surface area contributed by atoms with Crippen LogP contribution in [0.2, 0.25) is 0 Å². The highest BCUT2D eigenvalue weighted by Gasteiger charge is 2.61. The number of amides is 1. The molecule has 1 aliphatic heterocycles. The van der Waals surface area contributed by atoms with Crippen molar-refractivity contribution in [2.75, 3.05) is 13.7 Å². The van der Waals surface area contributed by atoms with Gasteiger partial charge in [-0.05, 0) is 37.5 Å². The minimum atomic E-state index is -1.33. The van der Waals surface area contributed by atoms with Gasteiger partial charge < -0.3 is 9.47 Å². The minimum absolute atomic E-state index is 0.0788. The molecule has 2 aliphatic rings. The maximum Gasteiger partial charge on any atom is 0.411 e. The summed E-state index contributed by atoms with van der Waals surface area (Å²) in [5.41, 5.74) is 1.41. The summed E-state index contributed by atoms with van der Waals surface area (Å²) in [5.74, 6) is -1.15. The summed E-state index contributed by atoms with van der Waals surface area (Å²) in [5, 5.41) is 0. The average molecular weight is 369 g/mol. The Labute approximate surface area is 158 Å². The van der Waals surface area contributed by atoms with E-state index in [1.807, 2.05) is 30.3 Å². The number of carbonyl (C=O) groups excluding carboxylic acids is 3. The van der Waals surface area contributed by atoms with Crippen molar-refractivity contribution in [3.05, 3.63) is 58.7 Å². The highest BCUT2D eigenvalue weighted by atomic mass is 16.6. The molecule has 0 bridgehead atoms. The Hall–Kier alpha value is -2.89. The topological polar surface area (TPSA) is 72.9 Å². The molecule has 1 aromatic rings. The molecule has 27 heavy (non-hydrogen) atoms. The number of hydrogen-bond donors (Lipinski definition) is 0. The number of likely N-dealkylation sites (tertiary alicyclic amines) is 1. The maximum atomic E-state index is 12.8. The fourth-order valence-corrected chi connectivity index (χ4v) is 4.02. The summed E-state index contributed by atoms with van der Waals surface area (Å²) in [6.07, 6.45) is 1.10. The smallest absolute Gasteiger partial charge is 0.411 e. The van der Waals surface area contributed by atoms with Crippen molar-refractivity contribution < 1.29 is 23.9 Å². The lowest BCUT2D eigenvalue weighted by Gasteiger charge is -2.35. The van der Waals surface area contributed by atoms with Crippen LogP contribution in [0.15, 0.2) is 53.1 Å². The van der Waals surface area contributed by atoms with Crippen LogP contribution in [0.4, 0.5) is 4.79 Å². The Bertz CT molecular complexity index is 855. The van der Waals surface area contributed by atoms with Crippen LogP contribution in [-0.2, 0) is 25.7 Å². The molecule has 3 rings (SSSR count). The first-order valence-electron chi connectivity index (χ1n) is 8.83. The number of nitrogens with zero attached hydrogens (tertiary/aromatic N) is 1. The van der Waals surface area contributed by atoms with Crippen molar-refractivity contribution in [3.63, 3.8) is 0 Å². The van der Waals surface area contributed by atoms with Crippen LogP contribution >= 0.6 is 0 Å². The van der Waals surface area contributed by atoms with Crippen molar-refractivity contribution in [3.8, 4) is 0 Å². The van der Waals surface area contributed by atoms with E-state index in [1.165, 1.54) is 12.0 Å². The summed E-state index contributed by atoms with van der Waals surface area (Å²) in [6.45, 7) is 5.40. The van der Waals surface area contributed by atoms with Crippen molar-refractivity contribution in [2.24, 2.45) is 5.92 Å². The Balaban J connectivity index is 1.94. The third-order valence-corrected chi connectivity index (χ3v) is 5.53. The number of ether oxygens (including phenoxy) is 2. The molecule has 2 unspecified atom stereocenters. The molecule has 142 valence electrons. The lowest BCUT2D eigenvalue weighted by atomic mass is 9.81. The van der Waals surface area contributed by atoms with Gasteiger partial charge in [0.15, 0.2) is 11.3 Å². The van der Waals surface area contributed by atoms with Crippen molar-refractivity contribution >= 4 is 17.8 Å². The zero-order valence-corrected chi connectivity index (χ0v) is 15.9. The zero-order chi connectivity index (χ0) is 19.8. The van der Waals surface area contributed by atoms with E-state index >= 15 is 0 Å². The third kappa shape index (κ3) is 2.85. The highest BCUT2D eigenvalue weighted by molar-refractivity contribution is 6.14. The largest absolute Gasteiger partial charge is 0.467 e. The van der Waals surface area contributed by atoms with Gasteiger partial charge in [0.05, 0.1) is 7.11 Å². The van der Waals surface area contributed by atoms with Gasteiger partial charge in [-0.15, -0.1) is 0 Å². The minimum Gasteiger partial charge on any atom is -0.467 e. The number of rotatable bonds is 3. The molecule has 0 aromatic heterocycles. The van der Waals surface area contributed by atoms with Crippen LogP contribution in [0, 0.1) is 5.92 Å². The number of methoxy groups -OCH3 is 1. The second kappa shape index (κ2) is 7.02. The Morgan fingerprint density at radius 1 is 1.30 bits per heavy atom. The van der Waals surface area contributed by atoms with Crippen LogP contribution in [0.5, 0.6) is 0 Å². The van der Waals surface area contributed by atoms with E-state index in [-0.39, 0.29) is 18.9 Å². The fraction of sp³-hybridized carbons (Fsp3) is 0.381.